The summed E-state index contributed by atoms with van der Waals surface area (Å²) in [7, 11) is 0. The van der Waals surface area contributed by atoms with E-state index in [1.165, 1.54) is 6.07 Å². The fourth-order valence-corrected chi connectivity index (χ4v) is 2.32. The van der Waals surface area contributed by atoms with Gasteiger partial charge in [0.05, 0.1) is 22.0 Å². The summed E-state index contributed by atoms with van der Waals surface area (Å²) in [5.41, 5.74) is 0.252. The monoisotopic (exact) mass is 310 g/mol. The lowest BCUT2D eigenvalue weighted by molar-refractivity contribution is 0.0894. The molecule has 0 aliphatic rings. The Balaban J connectivity index is 2.26. The van der Waals surface area contributed by atoms with E-state index >= 15 is 0 Å². The lowest BCUT2D eigenvalue weighted by Crippen LogP contribution is -2.10. The Morgan fingerprint density at radius 2 is 1.60 bits per heavy atom. The summed E-state index contributed by atoms with van der Waals surface area (Å²) in [6.45, 7) is 0. The summed E-state index contributed by atoms with van der Waals surface area (Å²) < 4.78 is 13.4. The van der Waals surface area contributed by atoms with Crippen molar-refractivity contribution in [3.05, 3.63) is 69.5 Å². The molecule has 0 radical (unpaired) electrons. The zero-order valence-corrected chi connectivity index (χ0v) is 11.7. The zero-order chi connectivity index (χ0) is 14.7. The van der Waals surface area contributed by atoms with Gasteiger partial charge in [-0.05, 0) is 12.1 Å². The number of benzene rings is 2. The summed E-state index contributed by atoms with van der Waals surface area (Å²) in [5, 5.41) is -0.328. The van der Waals surface area contributed by atoms with Crippen LogP contribution in [0.15, 0.2) is 42.5 Å². The highest BCUT2D eigenvalue weighted by atomic mass is 35.5. The second-order valence-electron chi connectivity index (χ2n) is 4.11. The van der Waals surface area contributed by atoms with Crippen molar-refractivity contribution in [3.8, 4) is 0 Å². The van der Waals surface area contributed by atoms with Crippen LogP contribution in [0, 0.1) is 5.82 Å². The summed E-state index contributed by atoms with van der Waals surface area (Å²) in [4.78, 5) is 24.0. The molecule has 0 saturated heterocycles. The molecule has 0 atom stereocenters. The SMILES string of the molecule is O=C(CC(=O)c1c(Cl)ccc(F)c1Cl)c1ccccc1. The Bertz CT molecular complexity index is 669. The average Bonchev–Trinajstić information content (AvgIpc) is 2.44. The number of ketones is 2. The van der Waals surface area contributed by atoms with Gasteiger partial charge in [-0.15, -0.1) is 0 Å². The van der Waals surface area contributed by atoms with Gasteiger partial charge in [-0.25, -0.2) is 4.39 Å². The van der Waals surface area contributed by atoms with Crippen molar-refractivity contribution < 1.29 is 14.0 Å². The Hall–Kier alpha value is -1.71. The molecule has 5 heteroatoms. The Labute approximate surface area is 125 Å². The van der Waals surface area contributed by atoms with Gasteiger partial charge in [0, 0.05) is 5.56 Å². The number of rotatable bonds is 4. The van der Waals surface area contributed by atoms with Gasteiger partial charge in [-0.2, -0.15) is 0 Å². The van der Waals surface area contributed by atoms with E-state index in [1.54, 1.807) is 30.3 Å². The van der Waals surface area contributed by atoms with Crippen LogP contribution in [0.5, 0.6) is 0 Å². The fraction of sp³-hybridized carbons (Fsp3) is 0.0667. The number of carbonyl (C=O) groups excluding carboxylic acids is 2. The van der Waals surface area contributed by atoms with E-state index in [2.05, 4.69) is 0 Å². The van der Waals surface area contributed by atoms with Crippen molar-refractivity contribution in [1.29, 1.82) is 0 Å². The number of carbonyl (C=O) groups is 2. The van der Waals surface area contributed by atoms with Gasteiger partial charge in [0.1, 0.15) is 5.82 Å². The van der Waals surface area contributed by atoms with Gasteiger partial charge < -0.3 is 0 Å². The summed E-state index contributed by atoms with van der Waals surface area (Å²) in [6, 6.07) is 10.7. The van der Waals surface area contributed by atoms with Crippen molar-refractivity contribution in [2.24, 2.45) is 0 Å². The van der Waals surface area contributed by atoms with Crippen molar-refractivity contribution >= 4 is 34.8 Å². The molecule has 0 bridgehead atoms. The first-order valence-electron chi connectivity index (χ1n) is 5.75. The predicted octanol–water partition coefficient (Wildman–Crippen LogP) is 4.59. The number of hydrogen-bond acceptors (Lipinski definition) is 2. The van der Waals surface area contributed by atoms with Crippen LogP contribution >= 0.6 is 23.2 Å². The van der Waals surface area contributed by atoms with Gasteiger partial charge in [0.15, 0.2) is 11.6 Å². The van der Waals surface area contributed by atoms with E-state index in [-0.39, 0.29) is 21.4 Å². The van der Waals surface area contributed by atoms with Crippen LogP contribution in [0.2, 0.25) is 10.0 Å². The van der Waals surface area contributed by atoms with Gasteiger partial charge in [-0.3, -0.25) is 9.59 Å². The minimum Gasteiger partial charge on any atom is -0.294 e. The number of Topliss-reactive ketones (excluding diaryl/α,β-unsaturated/α-hetero) is 2. The third-order valence-corrected chi connectivity index (χ3v) is 3.42. The van der Waals surface area contributed by atoms with E-state index in [0.717, 1.165) is 6.07 Å². The van der Waals surface area contributed by atoms with E-state index in [1.807, 2.05) is 0 Å². The molecule has 0 aliphatic heterocycles. The topological polar surface area (TPSA) is 34.1 Å². The van der Waals surface area contributed by atoms with Crippen molar-refractivity contribution in [2.45, 2.75) is 6.42 Å². The molecule has 0 spiro atoms. The lowest BCUT2D eigenvalue weighted by atomic mass is 10.0. The fourth-order valence-electron chi connectivity index (χ4n) is 1.74. The highest BCUT2D eigenvalue weighted by molar-refractivity contribution is 6.40. The Morgan fingerprint density at radius 3 is 2.25 bits per heavy atom. The Kier molecular flexibility index (Phi) is 4.53. The molecule has 0 fully saturated rings. The maximum absolute atomic E-state index is 13.4. The van der Waals surface area contributed by atoms with Crippen LogP contribution in [0.3, 0.4) is 0 Å². The second-order valence-corrected chi connectivity index (χ2v) is 4.89. The average molecular weight is 311 g/mol. The summed E-state index contributed by atoms with van der Waals surface area (Å²) in [5.74, 6) is -1.72. The highest BCUT2D eigenvalue weighted by Gasteiger charge is 2.21. The molecule has 2 aromatic carbocycles. The van der Waals surface area contributed by atoms with Gasteiger partial charge in [0.2, 0.25) is 0 Å². The summed E-state index contributed by atoms with van der Waals surface area (Å²) in [6.07, 6.45) is -0.410. The standard InChI is InChI=1S/C15H9Cl2FO2/c16-10-6-7-11(18)15(17)14(10)13(20)8-12(19)9-4-2-1-3-5-9/h1-7H,8H2. The smallest absolute Gasteiger partial charge is 0.173 e. The van der Waals surface area contributed by atoms with Gasteiger partial charge in [-0.1, -0.05) is 53.5 Å². The third kappa shape index (κ3) is 3.06. The first-order valence-corrected chi connectivity index (χ1v) is 6.51. The maximum Gasteiger partial charge on any atom is 0.173 e. The lowest BCUT2D eigenvalue weighted by Gasteiger charge is -2.06. The molecule has 0 saturated carbocycles. The maximum atomic E-state index is 13.4. The molecule has 102 valence electrons. The second kappa shape index (κ2) is 6.16. The van der Waals surface area contributed by atoms with Crippen molar-refractivity contribution in [1.82, 2.24) is 0 Å². The molecule has 0 heterocycles. The minimum absolute atomic E-state index is 0.0299. The number of halogens is 3. The first kappa shape index (κ1) is 14.7. The summed E-state index contributed by atoms with van der Waals surface area (Å²) >= 11 is 11.6. The molecule has 2 nitrogen and oxygen atoms in total. The van der Waals surface area contributed by atoms with Crippen LogP contribution in [0.4, 0.5) is 4.39 Å². The highest BCUT2D eigenvalue weighted by Crippen LogP contribution is 2.28. The van der Waals surface area contributed by atoms with Gasteiger partial charge >= 0.3 is 0 Å². The molecule has 0 unspecified atom stereocenters. The Morgan fingerprint density at radius 1 is 0.950 bits per heavy atom. The molecular formula is C15H9Cl2FO2. The molecule has 2 aromatic rings. The normalized spacial score (nSPS) is 10.3. The van der Waals surface area contributed by atoms with Crippen LogP contribution in [0.25, 0.3) is 0 Å². The van der Waals surface area contributed by atoms with E-state index in [4.69, 9.17) is 23.2 Å². The third-order valence-electron chi connectivity index (χ3n) is 2.74. The van der Waals surface area contributed by atoms with E-state index < -0.39 is 18.0 Å². The van der Waals surface area contributed by atoms with E-state index in [9.17, 15) is 14.0 Å². The molecular weight excluding hydrogens is 302 g/mol. The quantitative estimate of drug-likeness (QED) is 0.470. The zero-order valence-electron chi connectivity index (χ0n) is 10.2. The van der Waals surface area contributed by atoms with Crippen LogP contribution in [-0.2, 0) is 0 Å². The predicted molar refractivity (Wildman–Crippen MR) is 76.1 cm³/mol. The molecule has 0 N–H and O–H groups in total. The van der Waals surface area contributed by atoms with Crippen LogP contribution in [0.1, 0.15) is 27.1 Å². The van der Waals surface area contributed by atoms with Crippen LogP contribution < -0.4 is 0 Å². The molecule has 20 heavy (non-hydrogen) atoms. The largest absolute Gasteiger partial charge is 0.294 e. The molecule has 0 amide bonds. The molecule has 0 aromatic heterocycles. The first-order chi connectivity index (χ1) is 9.50. The van der Waals surface area contributed by atoms with Gasteiger partial charge in [0.25, 0.3) is 0 Å². The van der Waals surface area contributed by atoms with Crippen molar-refractivity contribution in [3.63, 3.8) is 0 Å². The number of hydrogen-bond donors (Lipinski definition) is 0. The van der Waals surface area contributed by atoms with E-state index in [0.29, 0.717) is 5.56 Å². The van der Waals surface area contributed by atoms with Crippen molar-refractivity contribution in [2.75, 3.05) is 0 Å². The molecule has 2 rings (SSSR count). The van der Waals surface area contributed by atoms with Crippen LogP contribution in [-0.4, -0.2) is 11.6 Å². The molecule has 0 aliphatic carbocycles. The minimum atomic E-state index is -0.744.